The molecule has 53 heteroatoms. The van der Waals surface area contributed by atoms with Gasteiger partial charge in [0, 0.05) is 216 Å². The van der Waals surface area contributed by atoms with E-state index in [0.717, 1.165) is 65.4 Å². The highest BCUT2D eigenvalue weighted by atomic mass is 32.1. The number of ether oxygens (including phenoxy) is 9. The molecule has 8 aromatic carbocycles. The molecule has 1 saturated heterocycles. The molecule has 2 aromatic heterocycles. The number of rotatable bonds is 43. The second-order valence-corrected chi connectivity index (χ2v) is 34.1. The predicted octanol–water partition coefficient (Wildman–Crippen LogP) is 6.14. The second kappa shape index (κ2) is 72.2. The van der Waals surface area contributed by atoms with Gasteiger partial charge in [-0.3, -0.25) is 15.4 Å². The Bertz CT molecular complexity index is 5250. The maximum absolute atomic E-state index is 14.0. The van der Waals surface area contributed by atoms with Crippen LogP contribution in [0.5, 0.6) is 0 Å². The number of benzene rings is 8. The SMILES string of the molecule is C.COCNC(=O)OCc1ccccc1.Cc1cc(C(=O)OCc2ccccc2)sc1CC[C@@H](CO)CNC(=O)OCc1ccccc1.Cc1cc(C(=O)OCc2ccccc2)sc1CC[C@H](CNC(=O)OCc1ccccc1)C(=O)N1C(=O)OC[C@@H]1Cc1ccccc1.NC(=O)OCc1ccccc1.O=C(NCO)OCc1ccccc1.[B]B([B])B([B])[B]B(B([B])[B])B([B])[B].[B][B]B([B])[B]B(B([B])[B])B([B])[B]. The minimum absolute atomic E-state index is 0. The molecule has 8 N–H and O–H groups in total. The number of imide groups is 1. The lowest BCUT2D eigenvalue weighted by molar-refractivity contribution is -0.133. The number of carbonyl (C=O) groups is 9. The number of esters is 2. The summed E-state index contributed by atoms with van der Waals surface area (Å²) in [6.45, 7) is 5.39. The third kappa shape index (κ3) is 52.3. The molecule has 11 rings (SSSR count). The summed E-state index contributed by atoms with van der Waals surface area (Å²) >= 11 is 2.74. The molecule has 1 fully saturated rings. The Morgan fingerprint density at radius 3 is 1.10 bits per heavy atom. The highest BCUT2D eigenvalue weighted by Gasteiger charge is 2.41. The molecule has 1 aliphatic rings. The molecular formula is C90H102B25N6O20S2. The van der Waals surface area contributed by atoms with Crippen molar-refractivity contribution in [2.45, 2.75) is 106 Å². The van der Waals surface area contributed by atoms with E-state index in [0.29, 0.717) is 48.4 Å². The van der Waals surface area contributed by atoms with Crippen LogP contribution in [0, 0.1) is 25.7 Å². The van der Waals surface area contributed by atoms with Gasteiger partial charge in [-0.25, -0.2) is 43.3 Å². The molecule has 26 nitrogen and oxygen atoms in total. The highest BCUT2D eigenvalue weighted by Crippen LogP contribution is 2.30. The zero-order chi connectivity index (χ0) is 104. The topological polar surface area (TPSA) is 355 Å². The Morgan fingerprint density at radius 1 is 0.448 bits per heavy atom. The average molecular weight is 1920 g/mol. The number of carbonyl (C=O) groups excluding carboxylic acids is 9. The lowest BCUT2D eigenvalue weighted by Crippen LogP contribution is -2.62. The van der Waals surface area contributed by atoms with Crippen LogP contribution in [0.1, 0.15) is 105 Å². The lowest BCUT2D eigenvalue weighted by atomic mass is 8.57. The van der Waals surface area contributed by atoms with Crippen LogP contribution in [0.25, 0.3) is 0 Å². The van der Waals surface area contributed by atoms with Crippen LogP contribution < -0.4 is 27.0 Å². The van der Waals surface area contributed by atoms with Crippen molar-refractivity contribution in [3.63, 3.8) is 0 Å². The molecule has 699 valence electrons. The Morgan fingerprint density at radius 2 is 0.769 bits per heavy atom. The third-order valence-corrected chi connectivity index (χ3v) is 23.1. The fourth-order valence-corrected chi connectivity index (χ4v) is 14.9. The first-order valence-electron chi connectivity index (χ1n) is 45.1. The molecule has 0 spiro atoms. The Kier molecular flexibility index (Phi) is 62.7. The maximum Gasteiger partial charge on any atom is 0.416 e. The fourth-order valence-electron chi connectivity index (χ4n) is 12.7. The van der Waals surface area contributed by atoms with Gasteiger partial charge >= 0.3 is 48.5 Å². The van der Waals surface area contributed by atoms with Crippen molar-refractivity contribution in [2.24, 2.45) is 17.6 Å². The van der Waals surface area contributed by atoms with Gasteiger partial charge in [-0.2, -0.15) is 0 Å². The lowest BCUT2D eigenvalue weighted by Gasteiger charge is -2.25. The number of aliphatic hydroxyl groups excluding tert-OH is 2. The van der Waals surface area contributed by atoms with Gasteiger partial charge < -0.3 is 69.2 Å². The minimum Gasteiger partial charge on any atom is -0.457 e. The van der Waals surface area contributed by atoms with Crippen LogP contribution >= 0.6 is 22.7 Å². The van der Waals surface area contributed by atoms with Crippen molar-refractivity contribution >= 4 is 256 Å². The van der Waals surface area contributed by atoms with Crippen molar-refractivity contribution in [1.82, 2.24) is 26.2 Å². The Labute approximate surface area is 872 Å². The van der Waals surface area contributed by atoms with Crippen LogP contribution in [-0.4, -0.2) is 302 Å². The van der Waals surface area contributed by atoms with Crippen LogP contribution in [0.2, 0.25) is 0 Å². The van der Waals surface area contributed by atoms with Crippen molar-refractivity contribution in [3.05, 3.63) is 330 Å². The smallest absolute Gasteiger partial charge is 0.416 e. The standard InChI is InChI=1S/C36H36N2O7S.C26H29NO5S.C10H13NO3.C9H11NO3.C8H9NO2.CH4.B13.B12/c1-25-19-32(34(40)43-22-27-13-7-3-8-14-27)46-31(25)18-17-29(21-37-35(41)44-23-28-15-9-4-10-16-28)33(39)38-30(24-45-36(38)42)20-26-11-5-2-6-12-26;1-19-14-24(25(29)31-17-20-8-4-2-5-9-20)33-23(19)13-12-22(16-28)15-27-26(30)32-18-21-10-6-3-7-11-21;1-13-8-11-10(12)14-7-9-5-3-2-4-6-9;11-7-10-9(12)13-6-8-4-2-1-3-5-8;9-8(10)11-6-7-4-2-1-3-5-7;;1-9(2)12(7)8-13(10(3)4)11(5)6;1-7-11(6)8-12(9(2)3)10(4)5/h2-16,19,29-30H,17-18,20-24H2,1H3,(H,37,41);2-11,14,22,28H,12-13,15-18H2,1H3,(H,27,30);2-6H,7-8H2,1H3,(H,11,12);1-5,11H,6-7H2,(H,10,12);1-5H,6H2,(H2,9,10);1H4;;/t29-,30+;22-;;;;;;/m11....../s1. The first-order valence-corrected chi connectivity index (χ1v) is 46.8. The monoisotopic (exact) mass is 1930 g/mol. The summed E-state index contributed by atoms with van der Waals surface area (Å²) in [7, 11) is 76.4. The van der Waals surface area contributed by atoms with E-state index in [1.807, 2.05) is 263 Å². The normalized spacial score (nSPS) is 11.4. The first kappa shape index (κ1) is 124. The molecule has 143 heavy (non-hydrogen) atoms. The van der Waals surface area contributed by atoms with Crippen LogP contribution in [0.15, 0.2) is 255 Å². The summed E-state index contributed by atoms with van der Waals surface area (Å²) in [5, 5.41) is 28.0. The zero-order valence-electron chi connectivity index (χ0n) is 79.7. The number of hydrogen-bond acceptors (Lipinski definition) is 22. The van der Waals surface area contributed by atoms with Crippen molar-refractivity contribution in [3.8, 4) is 0 Å². The van der Waals surface area contributed by atoms with E-state index in [1.54, 1.807) is 20.2 Å². The van der Waals surface area contributed by atoms with Gasteiger partial charge in [0.1, 0.15) is 76.1 Å². The first-order chi connectivity index (χ1) is 68.2. The number of hydrogen-bond donors (Lipinski definition) is 7. The van der Waals surface area contributed by atoms with E-state index in [9.17, 15) is 48.3 Å². The van der Waals surface area contributed by atoms with E-state index >= 15 is 0 Å². The number of nitrogens with two attached hydrogens (primary N) is 1. The average Bonchev–Trinajstić information content (AvgIpc) is 1.68. The number of aryl methyl sites for hydroxylation is 4. The molecule has 0 bridgehead atoms. The number of nitrogens with zero attached hydrogens (tertiary/aromatic N) is 1. The summed E-state index contributed by atoms with van der Waals surface area (Å²) in [4.78, 5) is 113. The molecule has 3 heterocycles. The summed E-state index contributed by atoms with van der Waals surface area (Å²) in [6.07, 6.45) is -5.96. The second-order valence-electron chi connectivity index (χ2n) is 31.8. The zero-order valence-corrected chi connectivity index (χ0v) is 81.4. The molecule has 0 unspecified atom stereocenters. The quantitative estimate of drug-likeness (QED) is 0.00976. The van der Waals surface area contributed by atoms with E-state index in [-0.39, 0.29) is 105 Å². The van der Waals surface area contributed by atoms with Crippen molar-refractivity contribution in [1.29, 1.82) is 0 Å². The number of cyclic esters (lactones) is 1. The number of amides is 7. The van der Waals surface area contributed by atoms with Gasteiger partial charge in [0.15, 0.2) is 0 Å². The van der Waals surface area contributed by atoms with Gasteiger partial charge in [0.2, 0.25) is 5.91 Å². The summed E-state index contributed by atoms with van der Waals surface area (Å²) < 4.78 is 45.7. The molecule has 0 aliphatic carbocycles. The van der Waals surface area contributed by atoms with E-state index in [1.165, 1.54) is 41.7 Å². The largest absolute Gasteiger partial charge is 0.457 e. The maximum atomic E-state index is 14.0. The number of thiophene rings is 2. The molecular weight excluding hydrogens is 1820 g/mol. The predicted molar refractivity (Wildman–Crippen MR) is 591 cm³/mol. The van der Waals surface area contributed by atoms with E-state index in [2.05, 4.69) is 30.7 Å². The van der Waals surface area contributed by atoms with E-state index in [4.69, 9.17) is 145 Å². The highest BCUT2D eigenvalue weighted by molar-refractivity contribution is 8.01. The molecule has 29 radical (unpaired) electrons. The summed E-state index contributed by atoms with van der Waals surface area (Å²) in [6, 6.07) is 78.7. The number of aliphatic hydroxyl groups is 2. The molecule has 1 aliphatic heterocycles. The molecule has 10 aromatic rings. The fraction of sp³-hybridized carbons (Fsp3) is 0.278. The van der Waals surface area contributed by atoms with Gasteiger partial charge in [-0.05, 0) is 120 Å². The number of primary amides is 1. The number of nitrogens with one attached hydrogen (secondary N) is 4. The Balaban J connectivity index is 0.000000380. The van der Waals surface area contributed by atoms with Crippen LogP contribution in [0.4, 0.5) is 28.8 Å². The van der Waals surface area contributed by atoms with Gasteiger partial charge in [-0.1, -0.05) is 250 Å². The van der Waals surface area contributed by atoms with Crippen LogP contribution in [-0.2, 0) is 113 Å². The van der Waals surface area contributed by atoms with Crippen molar-refractivity contribution < 1.29 is 96.0 Å². The van der Waals surface area contributed by atoms with Gasteiger partial charge in [-0.15, -0.1) is 22.7 Å². The third-order valence-electron chi connectivity index (χ3n) is 20.5. The molecule has 3 atom stereocenters. The van der Waals surface area contributed by atoms with Gasteiger partial charge in [0.25, 0.3) is 0 Å². The number of methoxy groups -OCH3 is 1. The molecule has 0 saturated carbocycles. The van der Waals surface area contributed by atoms with E-state index < -0.39 is 112 Å². The van der Waals surface area contributed by atoms with Crippen LogP contribution in [0.3, 0.4) is 0 Å². The van der Waals surface area contributed by atoms with Crippen molar-refractivity contribution in [2.75, 3.05) is 46.9 Å². The van der Waals surface area contributed by atoms with Gasteiger partial charge in [0.05, 0.1) is 12.0 Å². The minimum atomic E-state index is -0.747. The Hall–Kier alpha value is -11.1. The summed E-state index contributed by atoms with van der Waals surface area (Å²) in [5.74, 6) is -2.03. The summed E-state index contributed by atoms with van der Waals surface area (Å²) in [5.41, 5.74) is 14.1. The number of alkyl carbamates (subject to hydrolysis) is 4. The molecule has 7 amide bonds.